The second kappa shape index (κ2) is 7.25. The molecule has 2 aromatic carbocycles. The number of benzene rings is 2. The quantitative estimate of drug-likeness (QED) is 0.697. The molecule has 0 spiro atoms. The summed E-state index contributed by atoms with van der Waals surface area (Å²) in [5.41, 5.74) is 2.01. The normalized spacial score (nSPS) is 17.5. The average molecular weight is 353 g/mol. The number of nitrogens with zero attached hydrogens (tertiary/aromatic N) is 3. The van der Waals surface area contributed by atoms with Gasteiger partial charge in [-0.3, -0.25) is 4.90 Å². The van der Waals surface area contributed by atoms with Crippen molar-refractivity contribution in [3.8, 4) is 17.1 Å². The maximum atomic E-state index is 13.0. The van der Waals surface area contributed by atoms with E-state index in [0.29, 0.717) is 11.7 Å². The number of hydrogen-bond donors (Lipinski definition) is 0. The van der Waals surface area contributed by atoms with Crippen LogP contribution in [0.3, 0.4) is 0 Å². The van der Waals surface area contributed by atoms with E-state index < -0.39 is 0 Å². The molecule has 3 aromatic rings. The Kier molecular flexibility index (Phi) is 4.67. The third kappa shape index (κ3) is 3.60. The van der Waals surface area contributed by atoms with E-state index in [9.17, 15) is 4.39 Å². The predicted octanol–water partition coefficient (Wildman–Crippen LogP) is 3.87. The second-order valence-electron chi connectivity index (χ2n) is 6.53. The van der Waals surface area contributed by atoms with Crippen molar-refractivity contribution in [2.45, 2.75) is 18.9 Å². The zero-order chi connectivity index (χ0) is 17.9. The molecule has 0 unspecified atom stereocenters. The summed E-state index contributed by atoms with van der Waals surface area (Å²) in [7, 11) is 1.64. The first-order valence-corrected chi connectivity index (χ1v) is 8.66. The molecule has 0 saturated carbocycles. The number of methoxy groups -OCH3 is 1. The van der Waals surface area contributed by atoms with Crippen LogP contribution in [0.25, 0.3) is 11.4 Å². The fourth-order valence-electron chi connectivity index (χ4n) is 3.28. The van der Waals surface area contributed by atoms with Crippen LogP contribution in [0.5, 0.6) is 5.75 Å². The zero-order valence-corrected chi connectivity index (χ0v) is 14.6. The van der Waals surface area contributed by atoms with Gasteiger partial charge in [0.25, 0.3) is 0 Å². The number of halogens is 1. The van der Waals surface area contributed by atoms with Crippen LogP contribution in [0.15, 0.2) is 53.1 Å². The molecule has 1 saturated heterocycles. The second-order valence-corrected chi connectivity index (χ2v) is 6.53. The van der Waals surface area contributed by atoms with Gasteiger partial charge in [-0.25, -0.2) is 4.39 Å². The van der Waals surface area contributed by atoms with E-state index in [-0.39, 0.29) is 11.7 Å². The molecule has 0 aliphatic carbocycles. The van der Waals surface area contributed by atoms with E-state index in [4.69, 9.17) is 9.26 Å². The monoisotopic (exact) mass is 353 g/mol. The van der Waals surface area contributed by atoms with Crippen molar-refractivity contribution in [2.75, 3.05) is 20.2 Å². The highest BCUT2D eigenvalue weighted by molar-refractivity contribution is 5.55. The Bertz CT molecular complexity index is 862. The van der Waals surface area contributed by atoms with Gasteiger partial charge in [0.05, 0.1) is 13.0 Å². The van der Waals surface area contributed by atoms with Crippen LogP contribution < -0.4 is 4.74 Å². The lowest BCUT2D eigenvalue weighted by Crippen LogP contribution is -2.19. The lowest BCUT2D eigenvalue weighted by Gasteiger charge is -2.15. The molecule has 4 rings (SSSR count). The highest BCUT2D eigenvalue weighted by Gasteiger charge is 2.28. The van der Waals surface area contributed by atoms with Crippen molar-refractivity contribution in [1.82, 2.24) is 15.0 Å². The Balaban J connectivity index is 1.41. The van der Waals surface area contributed by atoms with Gasteiger partial charge >= 0.3 is 0 Å². The summed E-state index contributed by atoms with van der Waals surface area (Å²) in [5, 5.41) is 4.12. The summed E-state index contributed by atoms with van der Waals surface area (Å²) in [4.78, 5) is 6.90. The molecule has 1 fully saturated rings. The van der Waals surface area contributed by atoms with Crippen molar-refractivity contribution in [1.29, 1.82) is 0 Å². The van der Waals surface area contributed by atoms with Crippen LogP contribution in [0.2, 0.25) is 0 Å². The number of aromatic nitrogens is 2. The molecule has 0 bridgehead atoms. The molecule has 0 amide bonds. The molecule has 1 aromatic heterocycles. The third-order valence-corrected chi connectivity index (χ3v) is 4.73. The summed E-state index contributed by atoms with van der Waals surface area (Å²) in [5.74, 6) is 2.10. The maximum Gasteiger partial charge on any atom is 0.231 e. The van der Waals surface area contributed by atoms with E-state index in [1.54, 1.807) is 7.11 Å². The van der Waals surface area contributed by atoms with Gasteiger partial charge in [-0.1, -0.05) is 17.3 Å². The number of hydrogen-bond acceptors (Lipinski definition) is 5. The largest absolute Gasteiger partial charge is 0.497 e. The van der Waals surface area contributed by atoms with Crippen LogP contribution in [0.4, 0.5) is 4.39 Å². The molecule has 5 nitrogen and oxygen atoms in total. The van der Waals surface area contributed by atoms with Gasteiger partial charge in [-0.15, -0.1) is 0 Å². The first-order valence-electron chi connectivity index (χ1n) is 8.66. The molecule has 1 atom stereocenters. The van der Waals surface area contributed by atoms with Crippen molar-refractivity contribution in [2.24, 2.45) is 0 Å². The Hall–Kier alpha value is -2.73. The minimum absolute atomic E-state index is 0.204. The summed E-state index contributed by atoms with van der Waals surface area (Å²) >= 11 is 0. The molecule has 1 aliphatic rings. The van der Waals surface area contributed by atoms with Gasteiger partial charge in [0.2, 0.25) is 11.7 Å². The summed E-state index contributed by atoms with van der Waals surface area (Å²) in [6.45, 7) is 2.63. The lowest BCUT2D eigenvalue weighted by molar-refractivity contribution is 0.309. The van der Waals surface area contributed by atoms with E-state index >= 15 is 0 Å². The maximum absolute atomic E-state index is 13.0. The van der Waals surface area contributed by atoms with Gasteiger partial charge in [0.15, 0.2) is 0 Å². The molecular formula is C20H20FN3O2. The highest BCUT2D eigenvalue weighted by atomic mass is 19.1. The Morgan fingerprint density at radius 1 is 1.15 bits per heavy atom. The van der Waals surface area contributed by atoms with Gasteiger partial charge in [-0.2, -0.15) is 4.98 Å². The van der Waals surface area contributed by atoms with Crippen molar-refractivity contribution >= 4 is 0 Å². The minimum atomic E-state index is -0.204. The van der Waals surface area contributed by atoms with Gasteiger partial charge in [-0.05, 0) is 54.9 Å². The van der Waals surface area contributed by atoms with Crippen LogP contribution in [-0.2, 0) is 6.54 Å². The molecule has 0 radical (unpaired) electrons. The van der Waals surface area contributed by atoms with Gasteiger partial charge in [0, 0.05) is 18.7 Å². The lowest BCUT2D eigenvalue weighted by atomic mass is 10.1. The average Bonchev–Trinajstić information content (AvgIpc) is 3.33. The molecule has 134 valence electrons. The SMILES string of the molecule is COc1ccc(-c2noc([C@@H]3CCN(Cc4ccc(F)cc4)C3)n2)cc1. The smallest absolute Gasteiger partial charge is 0.231 e. The third-order valence-electron chi connectivity index (χ3n) is 4.73. The summed E-state index contributed by atoms with van der Waals surface area (Å²) in [6.07, 6.45) is 0.978. The molecule has 6 heteroatoms. The Morgan fingerprint density at radius 3 is 2.65 bits per heavy atom. The minimum Gasteiger partial charge on any atom is -0.497 e. The van der Waals surface area contributed by atoms with Gasteiger partial charge in [0.1, 0.15) is 11.6 Å². The van der Waals surface area contributed by atoms with Crippen molar-refractivity contribution < 1.29 is 13.7 Å². The van der Waals surface area contributed by atoms with Gasteiger partial charge < -0.3 is 9.26 Å². The zero-order valence-electron chi connectivity index (χ0n) is 14.6. The molecular weight excluding hydrogens is 333 g/mol. The standard InChI is InChI=1S/C20H20FN3O2/c1-25-18-8-4-15(5-9-18)19-22-20(26-23-19)16-10-11-24(13-16)12-14-2-6-17(21)7-3-14/h2-9,16H,10-13H2,1H3/t16-/m1/s1. The van der Waals surface area contributed by atoms with Crippen molar-refractivity contribution in [3.63, 3.8) is 0 Å². The Labute approximate surface area is 151 Å². The topological polar surface area (TPSA) is 51.4 Å². The highest BCUT2D eigenvalue weighted by Crippen LogP contribution is 2.29. The fraction of sp³-hybridized carbons (Fsp3) is 0.300. The molecule has 1 aliphatic heterocycles. The van der Waals surface area contributed by atoms with E-state index in [0.717, 1.165) is 42.9 Å². The van der Waals surface area contributed by atoms with E-state index in [2.05, 4.69) is 15.0 Å². The van der Waals surface area contributed by atoms with Crippen LogP contribution in [0.1, 0.15) is 23.8 Å². The number of likely N-dealkylation sites (tertiary alicyclic amines) is 1. The fourth-order valence-corrected chi connectivity index (χ4v) is 3.28. The van der Waals surface area contributed by atoms with Crippen LogP contribution in [0, 0.1) is 5.82 Å². The van der Waals surface area contributed by atoms with Crippen LogP contribution >= 0.6 is 0 Å². The van der Waals surface area contributed by atoms with Crippen LogP contribution in [-0.4, -0.2) is 35.2 Å². The predicted molar refractivity (Wildman–Crippen MR) is 95.3 cm³/mol. The molecule has 26 heavy (non-hydrogen) atoms. The molecule has 0 N–H and O–H groups in total. The first kappa shape index (κ1) is 16.7. The summed E-state index contributed by atoms with van der Waals surface area (Å²) in [6, 6.07) is 14.3. The molecule has 2 heterocycles. The number of rotatable bonds is 5. The van der Waals surface area contributed by atoms with E-state index in [1.165, 1.54) is 12.1 Å². The number of ether oxygens (including phenoxy) is 1. The Morgan fingerprint density at radius 2 is 1.92 bits per heavy atom. The summed E-state index contributed by atoms with van der Waals surface area (Å²) < 4.78 is 23.7. The van der Waals surface area contributed by atoms with Crippen molar-refractivity contribution in [3.05, 3.63) is 65.8 Å². The van der Waals surface area contributed by atoms with E-state index in [1.807, 2.05) is 36.4 Å². The first-order chi connectivity index (χ1) is 12.7.